The molecule has 0 fully saturated rings. The molecule has 0 saturated heterocycles. The first-order valence-electron chi connectivity index (χ1n) is 5.78. The van der Waals surface area contributed by atoms with Crippen LogP contribution in [0, 0.1) is 6.92 Å². The van der Waals surface area contributed by atoms with Crippen LogP contribution < -0.4 is 5.32 Å². The highest BCUT2D eigenvalue weighted by Gasteiger charge is 2.04. The molecule has 1 N–H and O–H groups in total. The Balaban J connectivity index is 2.00. The predicted octanol–water partition coefficient (Wildman–Crippen LogP) is 2.25. The van der Waals surface area contributed by atoms with Gasteiger partial charge in [0.15, 0.2) is 0 Å². The number of aryl methyl sites for hydroxylation is 1. The van der Waals surface area contributed by atoms with Gasteiger partial charge in [-0.15, -0.1) is 11.6 Å². The van der Waals surface area contributed by atoms with Gasteiger partial charge in [0.25, 0.3) is 5.78 Å². The van der Waals surface area contributed by atoms with Gasteiger partial charge in [0.1, 0.15) is 12.1 Å². The van der Waals surface area contributed by atoms with E-state index in [-0.39, 0.29) is 0 Å². The van der Waals surface area contributed by atoms with Crippen molar-refractivity contribution in [2.45, 2.75) is 26.2 Å². The average Bonchev–Trinajstić information content (AvgIpc) is 2.76. The van der Waals surface area contributed by atoms with Crippen LogP contribution in [0.1, 0.15) is 25.0 Å². The maximum Gasteiger partial charge on any atom is 0.254 e. The highest BCUT2D eigenvalue weighted by atomic mass is 35.5. The summed E-state index contributed by atoms with van der Waals surface area (Å²) < 4.78 is 1.72. The van der Waals surface area contributed by atoms with E-state index in [0.29, 0.717) is 5.78 Å². The molecule has 17 heavy (non-hydrogen) atoms. The van der Waals surface area contributed by atoms with Crippen molar-refractivity contribution in [1.29, 1.82) is 0 Å². The van der Waals surface area contributed by atoms with Crippen LogP contribution in [-0.2, 0) is 0 Å². The number of fused-ring (bicyclic) bond motifs is 1. The van der Waals surface area contributed by atoms with Gasteiger partial charge in [-0.3, -0.25) is 0 Å². The van der Waals surface area contributed by atoms with Crippen LogP contribution in [0.4, 0.5) is 5.82 Å². The molecule has 0 aliphatic heterocycles. The summed E-state index contributed by atoms with van der Waals surface area (Å²) in [4.78, 5) is 8.37. The minimum Gasteiger partial charge on any atom is -0.370 e. The number of anilines is 1. The zero-order valence-corrected chi connectivity index (χ0v) is 10.6. The van der Waals surface area contributed by atoms with Crippen molar-refractivity contribution >= 4 is 23.2 Å². The van der Waals surface area contributed by atoms with Crippen molar-refractivity contribution in [3.63, 3.8) is 0 Å². The number of aromatic nitrogens is 4. The SMILES string of the molecule is Cc1cc(NCCCCCCl)n2ncnc2n1. The first kappa shape index (κ1) is 12.1. The van der Waals surface area contributed by atoms with Crippen LogP contribution in [-0.4, -0.2) is 32.0 Å². The third-order valence-corrected chi connectivity index (χ3v) is 2.76. The van der Waals surface area contributed by atoms with E-state index in [2.05, 4.69) is 20.4 Å². The van der Waals surface area contributed by atoms with Gasteiger partial charge in [-0.25, -0.2) is 4.98 Å². The Morgan fingerprint density at radius 1 is 1.35 bits per heavy atom. The molecule has 5 nitrogen and oxygen atoms in total. The van der Waals surface area contributed by atoms with Crippen LogP contribution in [0.15, 0.2) is 12.4 Å². The molecular weight excluding hydrogens is 238 g/mol. The number of rotatable bonds is 6. The van der Waals surface area contributed by atoms with E-state index in [9.17, 15) is 0 Å². The predicted molar refractivity (Wildman–Crippen MR) is 68.6 cm³/mol. The number of nitrogens with zero attached hydrogens (tertiary/aromatic N) is 4. The maximum atomic E-state index is 5.63. The summed E-state index contributed by atoms with van der Waals surface area (Å²) in [7, 11) is 0. The largest absolute Gasteiger partial charge is 0.370 e. The Kier molecular flexibility index (Phi) is 4.14. The molecule has 2 aromatic rings. The average molecular weight is 254 g/mol. The number of unbranched alkanes of at least 4 members (excludes halogenated alkanes) is 2. The van der Waals surface area contributed by atoms with Crippen molar-refractivity contribution in [3.05, 3.63) is 18.1 Å². The van der Waals surface area contributed by atoms with Gasteiger partial charge >= 0.3 is 0 Å². The lowest BCUT2D eigenvalue weighted by atomic mass is 10.2. The van der Waals surface area contributed by atoms with Crippen molar-refractivity contribution in [1.82, 2.24) is 19.6 Å². The van der Waals surface area contributed by atoms with Gasteiger partial charge in [-0.05, 0) is 19.8 Å². The Labute approximate surface area is 105 Å². The summed E-state index contributed by atoms with van der Waals surface area (Å²) >= 11 is 5.63. The van der Waals surface area contributed by atoms with E-state index >= 15 is 0 Å². The molecule has 92 valence electrons. The molecule has 0 unspecified atom stereocenters. The quantitative estimate of drug-likeness (QED) is 0.634. The molecule has 0 aliphatic carbocycles. The third kappa shape index (κ3) is 3.06. The van der Waals surface area contributed by atoms with E-state index < -0.39 is 0 Å². The fourth-order valence-corrected chi connectivity index (χ4v) is 1.86. The van der Waals surface area contributed by atoms with E-state index in [1.807, 2.05) is 13.0 Å². The van der Waals surface area contributed by atoms with Gasteiger partial charge in [0, 0.05) is 24.2 Å². The maximum absolute atomic E-state index is 5.63. The molecule has 0 amide bonds. The molecule has 0 atom stereocenters. The minimum atomic E-state index is 0.633. The molecule has 0 saturated carbocycles. The summed E-state index contributed by atoms with van der Waals surface area (Å²) in [6.07, 6.45) is 4.82. The van der Waals surface area contributed by atoms with Crippen molar-refractivity contribution in [2.75, 3.05) is 17.7 Å². The second-order valence-corrected chi connectivity index (χ2v) is 4.31. The fourth-order valence-electron chi connectivity index (χ4n) is 1.67. The lowest BCUT2D eigenvalue weighted by Gasteiger charge is -2.08. The molecule has 0 aromatic carbocycles. The number of halogens is 1. The van der Waals surface area contributed by atoms with E-state index in [1.54, 1.807) is 4.52 Å². The van der Waals surface area contributed by atoms with E-state index in [0.717, 1.165) is 43.2 Å². The molecule has 0 spiro atoms. The second kappa shape index (κ2) is 5.82. The van der Waals surface area contributed by atoms with Gasteiger partial charge in [0.05, 0.1) is 0 Å². The van der Waals surface area contributed by atoms with E-state index in [4.69, 9.17) is 11.6 Å². The van der Waals surface area contributed by atoms with E-state index in [1.165, 1.54) is 6.33 Å². The molecule has 6 heteroatoms. The van der Waals surface area contributed by atoms with Gasteiger partial charge < -0.3 is 5.32 Å². The monoisotopic (exact) mass is 253 g/mol. The van der Waals surface area contributed by atoms with Crippen molar-refractivity contribution in [2.24, 2.45) is 0 Å². The number of alkyl halides is 1. The van der Waals surface area contributed by atoms with Crippen LogP contribution in [0.25, 0.3) is 5.78 Å². The highest BCUT2D eigenvalue weighted by Crippen LogP contribution is 2.10. The Morgan fingerprint density at radius 2 is 2.24 bits per heavy atom. The summed E-state index contributed by atoms with van der Waals surface area (Å²) in [6, 6.07) is 1.98. The van der Waals surface area contributed by atoms with Crippen molar-refractivity contribution in [3.8, 4) is 0 Å². The molecule has 2 heterocycles. The normalized spacial score (nSPS) is 10.9. The topological polar surface area (TPSA) is 55.1 Å². The summed E-state index contributed by atoms with van der Waals surface area (Å²) in [5, 5.41) is 7.49. The molecule has 0 bridgehead atoms. The third-order valence-electron chi connectivity index (χ3n) is 2.50. The lowest BCUT2D eigenvalue weighted by Crippen LogP contribution is -2.08. The number of nitrogens with one attached hydrogen (secondary N) is 1. The molecule has 2 aromatic heterocycles. The molecule has 2 rings (SSSR count). The molecule has 0 aliphatic rings. The molecular formula is C11H16ClN5. The summed E-state index contributed by atoms with van der Waals surface area (Å²) in [6.45, 7) is 2.86. The zero-order chi connectivity index (χ0) is 12.1. The smallest absolute Gasteiger partial charge is 0.254 e. The van der Waals surface area contributed by atoms with Crippen LogP contribution in [0.2, 0.25) is 0 Å². The lowest BCUT2D eigenvalue weighted by molar-refractivity contribution is 0.742. The number of hydrogen-bond donors (Lipinski definition) is 1. The zero-order valence-electron chi connectivity index (χ0n) is 9.86. The van der Waals surface area contributed by atoms with Gasteiger partial charge in [-0.1, -0.05) is 6.42 Å². The minimum absolute atomic E-state index is 0.633. The summed E-state index contributed by atoms with van der Waals surface area (Å²) in [5.74, 6) is 2.31. The first-order valence-corrected chi connectivity index (χ1v) is 6.32. The van der Waals surface area contributed by atoms with Gasteiger partial charge in [0.2, 0.25) is 0 Å². The van der Waals surface area contributed by atoms with Crippen LogP contribution in [0.5, 0.6) is 0 Å². The second-order valence-electron chi connectivity index (χ2n) is 3.93. The standard InChI is InChI=1S/C11H16ClN5/c1-9-7-10(13-6-4-2-3-5-12)17-11(16-9)14-8-15-17/h7-8,13H,2-6H2,1H3. The fraction of sp³-hybridized carbons (Fsp3) is 0.545. The van der Waals surface area contributed by atoms with Crippen LogP contribution in [0.3, 0.4) is 0 Å². The van der Waals surface area contributed by atoms with Crippen molar-refractivity contribution < 1.29 is 0 Å². The first-order chi connectivity index (χ1) is 8.31. The number of hydrogen-bond acceptors (Lipinski definition) is 4. The molecule has 0 radical (unpaired) electrons. The Morgan fingerprint density at radius 3 is 3.06 bits per heavy atom. The van der Waals surface area contributed by atoms with Gasteiger partial charge in [-0.2, -0.15) is 14.6 Å². The highest BCUT2D eigenvalue weighted by molar-refractivity contribution is 6.17. The Hall–Kier alpha value is -1.36. The summed E-state index contributed by atoms with van der Waals surface area (Å²) in [5.41, 5.74) is 0.939. The Bertz CT molecular complexity index is 482. The van der Waals surface area contributed by atoms with Crippen LogP contribution >= 0.6 is 11.6 Å².